The van der Waals surface area contributed by atoms with Crippen LogP contribution in [0, 0.1) is 6.92 Å². The maximum absolute atomic E-state index is 4.90. The van der Waals surface area contributed by atoms with Crippen LogP contribution < -0.4 is 0 Å². The van der Waals surface area contributed by atoms with Crippen LogP contribution >= 0.6 is 12.6 Å². The predicted octanol–water partition coefficient (Wildman–Crippen LogP) is 7.28. The fourth-order valence-corrected chi connectivity index (χ4v) is 3.76. The lowest BCUT2D eigenvalue weighted by Crippen LogP contribution is -1.88. The van der Waals surface area contributed by atoms with E-state index in [4.69, 9.17) is 12.6 Å². The minimum Gasteiger partial charge on any atom is -0.142 e. The monoisotopic (exact) mass is 352 g/mol. The molecular formula is C25H20S. The maximum Gasteiger partial charge on any atom is 0.0197 e. The van der Waals surface area contributed by atoms with Gasteiger partial charge in [0, 0.05) is 4.90 Å². The molecule has 0 amide bonds. The SMILES string of the molecule is Cc1ccccc1-c1cccc(-c2cccc(-c3ccccc3)c2)c1S. The van der Waals surface area contributed by atoms with Crippen molar-refractivity contribution in [3.8, 4) is 33.4 Å². The summed E-state index contributed by atoms with van der Waals surface area (Å²) in [5, 5.41) is 0. The second-order valence-electron chi connectivity index (χ2n) is 6.46. The Morgan fingerprint density at radius 2 is 1.08 bits per heavy atom. The Kier molecular flexibility index (Phi) is 4.64. The Labute approximate surface area is 160 Å². The molecule has 0 aromatic heterocycles. The van der Waals surface area contributed by atoms with Crippen molar-refractivity contribution in [1.29, 1.82) is 0 Å². The van der Waals surface area contributed by atoms with Gasteiger partial charge < -0.3 is 0 Å². The fourth-order valence-electron chi connectivity index (χ4n) is 3.37. The smallest absolute Gasteiger partial charge is 0.0197 e. The molecule has 0 saturated carbocycles. The molecule has 0 saturated heterocycles. The number of hydrogen-bond acceptors (Lipinski definition) is 1. The Morgan fingerprint density at radius 3 is 1.88 bits per heavy atom. The quantitative estimate of drug-likeness (QED) is 0.368. The van der Waals surface area contributed by atoms with E-state index < -0.39 is 0 Å². The third-order valence-electron chi connectivity index (χ3n) is 4.75. The van der Waals surface area contributed by atoms with Crippen LogP contribution in [0.3, 0.4) is 0 Å². The van der Waals surface area contributed by atoms with Crippen LogP contribution in [0.1, 0.15) is 5.56 Å². The molecule has 0 nitrogen and oxygen atoms in total. The first-order valence-electron chi connectivity index (χ1n) is 8.78. The van der Waals surface area contributed by atoms with Gasteiger partial charge in [-0.25, -0.2) is 0 Å². The van der Waals surface area contributed by atoms with Gasteiger partial charge in [0.2, 0.25) is 0 Å². The van der Waals surface area contributed by atoms with Crippen molar-refractivity contribution in [1.82, 2.24) is 0 Å². The summed E-state index contributed by atoms with van der Waals surface area (Å²) in [6.45, 7) is 2.14. The van der Waals surface area contributed by atoms with E-state index in [0.717, 1.165) is 10.5 Å². The summed E-state index contributed by atoms with van der Waals surface area (Å²) in [5.41, 5.74) is 8.46. The van der Waals surface area contributed by atoms with E-state index in [0.29, 0.717) is 0 Å². The third kappa shape index (κ3) is 3.18. The molecule has 0 N–H and O–H groups in total. The van der Waals surface area contributed by atoms with E-state index in [-0.39, 0.29) is 0 Å². The van der Waals surface area contributed by atoms with Crippen molar-refractivity contribution in [3.63, 3.8) is 0 Å². The topological polar surface area (TPSA) is 0 Å². The summed E-state index contributed by atoms with van der Waals surface area (Å²) in [4.78, 5) is 1.02. The van der Waals surface area contributed by atoms with Crippen molar-refractivity contribution < 1.29 is 0 Å². The van der Waals surface area contributed by atoms with E-state index >= 15 is 0 Å². The lowest BCUT2D eigenvalue weighted by Gasteiger charge is -2.14. The molecule has 0 aliphatic rings. The van der Waals surface area contributed by atoms with Crippen LogP contribution in [0.5, 0.6) is 0 Å². The summed E-state index contributed by atoms with van der Waals surface area (Å²) in [6, 6.07) is 34.0. The fraction of sp³-hybridized carbons (Fsp3) is 0.0400. The van der Waals surface area contributed by atoms with Crippen LogP contribution in [-0.2, 0) is 0 Å². The number of rotatable bonds is 3. The van der Waals surface area contributed by atoms with Crippen molar-refractivity contribution in [2.75, 3.05) is 0 Å². The van der Waals surface area contributed by atoms with Gasteiger partial charge in [-0.2, -0.15) is 0 Å². The molecule has 0 aliphatic carbocycles. The molecule has 4 rings (SSSR count). The molecule has 26 heavy (non-hydrogen) atoms. The molecule has 1 heteroatoms. The van der Waals surface area contributed by atoms with Crippen LogP contribution in [0.4, 0.5) is 0 Å². The average Bonchev–Trinajstić information content (AvgIpc) is 2.70. The standard InChI is InChI=1S/C25H20S/c1-18-9-5-6-14-22(18)24-16-8-15-23(25(24)26)21-13-7-12-20(17-21)19-10-3-2-4-11-19/h2-17,26H,1H3. The lowest BCUT2D eigenvalue weighted by molar-refractivity contribution is 1.39. The van der Waals surface area contributed by atoms with Gasteiger partial charge in [-0.05, 0) is 51.9 Å². The Bertz CT molecular complexity index is 1050. The zero-order valence-corrected chi connectivity index (χ0v) is 15.6. The molecule has 4 aromatic carbocycles. The predicted molar refractivity (Wildman–Crippen MR) is 115 cm³/mol. The molecule has 0 fully saturated rings. The minimum atomic E-state index is 1.02. The van der Waals surface area contributed by atoms with E-state index in [1.807, 2.05) is 6.07 Å². The van der Waals surface area contributed by atoms with E-state index in [9.17, 15) is 0 Å². The maximum atomic E-state index is 4.90. The van der Waals surface area contributed by atoms with Gasteiger partial charge in [0.25, 0.3) is 0 Å². The summed E-state index contributed by atoms with van der Waals surface area (Å²) >= 11 is 4.90. The second-order valence-corrected chi connectivity index (χ2v) is 6.91. The van der Waals surface area contributed by atoms with Crippen LogP contribution in [0.2, 0.25) is 0 Å². The Morgan fingerprint density at radius 1 is 0.500 bits per heavy atom. The largest absolute Gasteiger partial charge is 0.142 e. The molecule has 0 unspecified atom stereocenters. The number of aryl methyl sites for hydroxylation is 1. The highest BCUT2D eigenvalue weighted by molar-refractivity contribution is 7.80. The molecule has 0 radical (unpaired) electrons. The van der Waals surface area contributed by atoms with Crippen LogP contribution in [0.25, 0.3) is 33.4 Å². The Balaban J connectivity index is 1.83. The molecule has 0 heterocycles. The van der Waals surface area contributed by atoms with Gasteiger partial charge in [0.1, 0.15) is 0 Å². The second kappa shape index (κ2) is 7.23. The van der Waals surface area contributed by atoms with Crippen molar-refractivity contribution in [2.45, 2.75) is 11.8 Å². The first-order chi connectivity index (χ1) is 12.7. The molecule has 0 spiro atoms. The van der Waals surface area contributed by atoms with Gasteiger partial charge >= 0.3 is 0 Å². The zero-order valence-electron chi connectivity index (χ0n) is 14.7. The summed E-state index contributed by atoms with van der Waals surface area (Å²) in [6.07, 6.45) is 0. The van der Waals surface area contributed by atoms with Crippen LogP contribution in [0.15, 0.2) is 102 Å². The molecule has 4 aromatic rings. The van der Waals surface area contributed by atoms with Crippen molar-refractivity contribution in [3.05, 3.63) is 103 Å². The molecule has 126 valence electrons. The third-order valence-corrected chi connectivity index (χ3v) is 5.23. The van der Waals surface area contributed by atoms with Gasteiger partial charge in [-0.1, -0.05) is 91.0 Å². The van der Waals surface area contributed by atoms with E-state index in [1.54, 1.807) is 0 Å². The van der Waals surface area contributed by atoms with Crippen LogP contribution in [-0.4, -0.2) is 0 Å². The number of hydrogen-bond donors (Lipinski definition) is 1. The lowest BCUT2D eigenvalue weighted by atomic mass is 9.94. The summed E-state index contributed by atoms with van der Waals surface area (Å²) in [7, 11) is 0. The molecule has 0 aliphatic heterocycles. The van der Waals surface area contributed by atoms with Gasteiger partial charge in [0.15, 0.2) is 0 Å². The number of thiol groups is 1. The van der Waals surface area contributed by atoms with Crippen molar-refractivity contribution in [2.24, 2.45) is 0 Å². The Hall–Kier alpha value is -2.77. The minimum absolute atomic E-state index is 1.02. The van der Waals surface area contributed by atoms with E-state index in [1.165, 1.54) is 33.4 Å². The zero-order chi connectivity index (χ0) is 17.9. The van der Waals surface area contributed by atoms with Gasteiger partial charge in [-0.3, -0.25) is 0 Å². The van der Waals surface area contributed by atoms with Gasteiger partial charge in [-0.15, -0.1) is 12.6 Å². The summed E-state index contributed by atoms with van der Waals surface area (Å²) < 4.78 is 0. The molecule has 0 bridgehead atoms. The van der Waals surface area contributed by atoms with Crippen molar-refractivity contribution >= 4 is 12.6 Å². The highest BCUT2D eigenvalue weighted by Crippen LogP contribution is 2.37. The highest BCUT2D eigenvalue weighted by atomic mass is 32.1. The first kappa shape index (κ1) is 16.7. The highest BCUT2D eigenvalue weighted by Gasteiger charge is 2.11. The molecule has 0 atom stereocenters. The first-order valence-corrected chi connectivity index (χ1v) is 9.22. The summed E-state index contributed by atoms with van der Waals surface area (Å²) in [5.74, 6) is 0. The normalized spacial score (nSPS) is 10.7. The molecular weight excluding hydrogens is 332 g/mol. The van der Waals surface area contributed by atoms with Gasteiger partial charge in [0.05, 0.1) is 0 Å². The van der Waals surface area contributed by atoms with E-state index in [2.05, 4.69) is 97.9 Å². The number of benzene rings is 4. The average molecular weight is 353 g/mol.